The second kappa shape index (κ2) is 7.89. The number of carbonyl (C=O) groups is 1. The van der Waals surface area contributed by atoms with Crippen LogP contribution in [0.3, 0.4) is 0 Å². The van der Waals surface area contributed by atoms with E-state index in [1.807, 2.05) is 30.5 Å². The minimum atomic E-state index is -3.61. The van der Waals surface area contributed by atoms with Crippen molar-refractivity contribution in [3.05, 3.63) is 53.2 Å². The Morgan fingerprint density at radius 3 is 2.78 bits per heavy atom. The monoisotopic (exact) mass is 406 g/mol. The van der Waals surface area contributed by atoms with E-state index in [2.05, 4.69) is 15.5 Å². The average Bonchev–Trinajstić information content (AvgIpc) is 3.28. The smallest absolute Gasteiger partial charge is 0.268 e. The van der Waals surface area contributed by atoms with Crippen LogP contribution < -0.4 is 9.62 Å². The average molecular weight is 406 g/mol. The minimum Gasteiger partial charge on any atom is -0.347 e. The number of anilines is 1. The van der Waals surface area contributed by atoms with Crippen molar-refractivity contribution in [2.45, 2.75) is 13.5 Å². The SMILES string of the molecule is Cc1cccc(N(CC(=O)NCc2noc(-c3cccs3)n2)S(C)(=O)=O)c1. The summed E-state index contributed by atoms with van der Waals surface area (Å²) in [5, 5.41) is 8.33. The van der Waals surface area contributed by atoms with Crippen molar-refractivity contribution in [2.24, 2.45) is 0 Å². The second-order valence-electron chi connectivity index (χ2n) is 5.88. The molecule has 2 heterocycles. The Balaban J connectivity index is 1.65. The van der Waals surface area contributed by atoms with Crippen molar-refractivity contribution >= 4 is 33.0 Å². The van der Waals surface area contributed by atoms with E-state index in [1.54, 1.807) is 18.2 Å². The van der Waals surface area contributed by atoms with Crippen molar-refractivity contribution in [1.29, 1.82) is 0 Å². The van der Waals surface area contributed by atoms with Crippen LogP contribution in [0.5, 0.6) is 0 Å². The van der Waals surface area contributed by atoms with Gasteiger partial charge in [-0.25, -0.2) is 8.42 Å². The molecular formula is C17H18N4O4S2. The molecule has 1 N–H and O–H groups in total. The number of sulfonamides is 1. The highest BCUT2D eigenvalue weighted by atomic mass is 32.2. The molecule has 1 amide bonds. The fourth-order valence-electron chi connectivity index (χ4n) is 2.37. The van der Waals surface area contributed by atoms with Crippen molar-refractivity contribution in [2.75, 3.05) is 17.1 Å². The van der Waals surface area contributed by atoms with Gasteiger partial charge in [-0.05, 0) is 36.1 Å². The normalized spacial score (nSPS) is 11.3. The third-order valence-electron chi connectivity index (χ3n) is 3.62. The number of aromatic nitrogens is 2. The van der Waals surface area contributed by atoms with E-state index in [1.165, 1.54) is 11.3 Å². The number of rotatable bonds is 7. The number of carbonyl (C=O) groups excluding carboxylic acids is 1. The Labute approximate surface area is 160 Å². The first-order chi connectivity index (χ1) is 12.8. The summed E-state index contributed by atoms with van der Waals surface area (Å²) < 4.78 is 30.4. The van der Waals surface area contributed by atoms with E-state index in [0.29, 0.717) is 17.4 Å². The van der Waals surface area contributed by atoms with Gasteiger partial charge in [-0.3, -0.25) is 9.10 Å². The molecule has 142 valence electrons. The summed E-state index contributed by atoms with van der Waals surface area (Å²) in [7, 11) is -3.61. The topological polar surface area (TPSA) is 105 Å². The van der Waals surface area contributed by atoms with Crippen LogP contribution in [0, 0.1) is 6.92 Å². The van der Waals surface area contributed by atoms with Gasteiger partial charge in [-0.1, -0.05) is 23.4 Å². The van der Waals surface area contributed by atoms with Gasteiger partial charge < -0.3 is 9.84 Å². The van der Waals surface area contributed by atoms with Crippen LogP contribution in [0.1, 0.15) is 11.4 Å². The maximum absolute atomic E-state index is 12.3. The van der Waals surface area contributed by atoms with Gasteiger partial charge in [0.25, 0.3) is 5.89 Å². The molecule has 0 aliphatic rings. The largest absolute Gasteiger partial charge is 0.347 e. The lowest BCUT2D eigenvalue weighted by Crippen LogP contribution is -2.40. The van der Waals surface area contributed by atoms with E-state index in [-0.39, 0.29) is 13.1 Å². The fraction of sp³-hybridized carbons (Fsp3) is 0.235. The molecule has 8 nitrogen and oxygen atoms in total. The molecule has 0 unspecified atom stereocenters. The molecular weight excluding hydrogens is 388 g/mol. The number of thiophene rings is 1. The van der Waals surface area contributed by atoms with E-state index in [9.17, 15) is 13.2 Å². The van der Waals surface area contributed by atoms with Gasteiger partial charge in [0.05, 0.1) is 23.4 Å². The number of aryl methyl sites for hydroxylation is 1. The number of nitrogens with zero attached hydrogens (tertiary/aromatic N) is 3. The lowest BCUT2D eigenvalue weighted by molar-refractivity contribution is -0.119. The lowest BCUT2D eigenvalue weighted by atomic mass is 10.2. The number of benzene rings is 1. The number of amides is 1. The van der Waals surface area contributed by atoms with Gasteiger partial charge in [0, 0.05) is 0 Å². The Hall–Kier alpha value is -2.72. The standard InChI is InChI=1S/C17H18N4O4S2/c1-12-5-3-6-13(9-12)21(27(2,23)24)11-16(22)18-10-15-19-17(25-20-15)14-7-4-8-26-14/h3-9H,10-11H2,1-2H3,(H,18,22). The van der Waals surface area contributed by atoms with Gasteiger partial charge in [-0.15, -0.1) is 11.3 Å². The summed E-state index contributed by atoms with van der Waals surface area (Å²) in [6.45, 7) is 1.56. The molecule has 0 aliphatic heterocycles. The fourth-order valence-corrected chi connectivity index (χ4v) is 3.87. The van der Waals surface area contributed by atoms with Crippen molar-refractivity contribution in [1.82, 2.24) is 15.5 Å². The molecule has 0 saturated heterocycles. The molecule has 0 bridgehead atoms. The van der Waals surface area contributed by atoms with E-state index in [4.69, 9.17) is 4.52 Å². The van der Waals surface area contributed by atoms with Gasteiger partial charge in [0.2, 0.25) is 15.9 Å². The zero-order valence-corrected chi connectivity index (χ0v) is 16.4. The molecule has 1 aromatic carbocycles. The molecule has 0 saturated carbocycles. The van der Waals surface area contributed by atoms with E-state index in [0.717, 1.165) is 21.0 Å². The predicted octanol–water partition coefficient (Wildman–Crippen LogP) is 2.19. The Bertz CT molecular complexity index is 1030. The molecule has 10 heteroatoms. The minimum absolute atomic E-state index is 0.0408. The summed E-state index contributed by atoms with van der Waals surface area (Å²) in [4.78, 5) is 17.3. The van der Waals surface area contributed by atoms with Gasteiger partial charge in [0.1, 0.15) is 6.54 Å². The Morgan fingerprint density at radius 2 is 2.11 bits per heavy atom. The summed E-state index contributed by atoms with van der Waals surface area (Å²) in [5.41, 5.74) is 1.33. The van der Waals surface area contributed by atoms with Crippen LogP contribution in [0.25, 0.3) is 10.8 Å². The first-order valence-corrected chi connectivity index (χ1v) is 10.7. The summed E-state index contributed by atoms with van der Waals surface area (Å²) in [6, 6.07) is 10.7. The van der Waals surface area contributed by atoms with Gasteiger partial charge in [0.15, 0.2) is 5.82 Å². The van der Waals surface area contributed by atoms with Gasteiger partial charge >= 0.3 is 0 Å². The van der Waals surface area contributed by atoms with Crippen LogP contribution in [-0.4, -0.2) is 37.3 Å². The molecule has 2 aromatic heterocycles. The van der Waals surface area contributed by atoms with Gasteiger partial charge in [-0.2, -0.15) is 4.98 Å². The maximum atomic E-state index is 12.3. The molecule has 0 aliphatic carbocycles. The summed E-state index contributed by atoms with van der Waals surface area (Å²) in [5.74, 6) is 0.226. The Morgan fingerprint density at radius 1 is 1.30 bits per heavy atom. The maximum Gasteiger partial charge on any atom is 0.268 e. The first kappa shape index (κ1) is 19.1. The molecule has 0 radical (unpaired) electrons. The highest BCUT2D eigenvalue weighted by molar-refractivity contribution is 7.92. The predicted molar refractivity (Wildman–Crippen MR) is 103 cm³/mol. The zero-order chi connectivity index (χ0) is 19.4. The van der Waals surface area contributed by atoms with E-state index >= 15 is 0 Å². The van der Waals surface area contributed by atoms with Crippen LogP contribution in [0.4, 0.5) is 5.69 Å². The highest BCUT2D eigenvalue weighted by Crippen LogP contribution is 2.22. The van der Waals surface area contributed by atoms with E-state index < -0.39 is 15.9 Å². The van der Waals surface area contributed by atoms with Crippen LogP contribution in [-0.2, 0) is 21.4 Å². The van der Waals surface area contributed by atoms with Crippen molar-refractivity contribution in [3.63, 3.8) is 0 Å². The quantitative estimate of drug-likeness (QED) is 0.645. The van der Waals surface area contributed by atoms with Crippen LogP contribution in [0.15, 0.2) is 46.3 Å². The van der Waals surface area contributed by atoms with Crippen molar-refractivity contribution < 1.29 is 17.7 Å². The second-order valence-corrected chi connectivity index (χ2v) is 8.73. The third-order valence-corrected chi connectivity index (χ3v) is 5.62. The first-order valence-electron chi connectivity index (χ1n) is 8.00. The van der Waals surface area contributed by atoms with Crippen LogP contribution >= 0.6 is 11.3 Å². The third kappa shape index (κ3) is 4.92. The molecule has 27 heavy (non-hydrogen) atoms. The number of hydrogen-bond donors (Lipinski definition) is 1. The van der Waals surface area contributed by atoms with Crippen LogP contribution in [0.2, 0.25) is 0 Å². The highest BCUT2D eigenvalue weighted by Gasteiger charge is 2.21. The lowest BCUT2D eigenvalue weighted by Gasteiger charge is -2.22. The Kier molecular flexibility index (Phi) is 5.57. The molecule has 0 fully saturated rings. The summed E-state index contributed by atoms with van der Waals surface area (Å²) >= 11 is 1.47. The molecule has 0 spiro atoms. The van der Waals surface area contributed by atoms with Crippen molar-refractivity contribution in [3.8, 4) is 10.8 Å². The number of nitrogens with one attached hydrogen (secondary N) is 1. The molecule has 3 rings (SSSR count). The number of hydrogen-bond acceptors (Lipinski definition) is 7. The molecule has 0 atom stereocenters. The zero-order valence-electron chi connectivity index (χ0n) is 14.7. The summed E-state index contributed by atoms with van der Waals surface area (Å²) in [6.07, 6.45) is 1.06. The molecule has 3 aromatic rings.